The van der Waals surface area contributed by atoms with Crippen LogP contribution in [0, 0.1) is 0 Å². The summed E-state index contributed by atoms with van der Waals surface area (Å²) in [6, 6.07) is 15.8. The Morgan fingerprint density at radius 3 is 2.11 bits per heavy atom. The topological polar surface area (TPSA) is 18.5 Å². The van der Waals surface area contributed by atoms with Crippen LogP contribution in [0.2, 0.25) is 0 Å². The molecule has 0 aliphatic heterocycles. The molecule has 94 valence electrons. The summed E-state index contributed by atoms with van der Waals surface area (Å²) in [5, 5.41) is 0. The zero-order chi connectivity index (χ0) is 12.8. The highest BCUT2D eigenvalue weighted by atomic mass is 19.3. The van der Waals surface area contributed by atoms with Gasteiger partial charge in [-0.15, -0.1) is 0 Å². The molecule has 0 radical (unpaired) electrons. The minimum Gasteiger partial charge on any atom is -0.489 e. The van der Waals surface area contributed by atoms with Gasteiger partial charge in [0, 0.05) is 0 Å². The Bertz CT molecular complexity index is 469. The van der Waals surface area contributed by atoms with Crippen LogP contribution in [0.4, 0.5) is 8.78 Å². The molecule has 0 N–H and O–H groups in total. The molecular formula is C14H12F2O2. The second-order valence-electron chi connectivity index (χ2n) is 3.62. The van der Waals surface area contributed by atoms with Gasteiger partial charge in [-0.05, 0) is 29.8 Å². The van der Waals surface area contributed by atoms with E-state index in [9.17, 15) is 8.78 Å². The Kier molecular flexibility index (Phi) is 4.12. The van der Waals surface area contributed by atoms with Crippen molar-refractivity contribution in [2.45, 2.75) is 13.2 Å². The molecule has 0 unspecified atom stereocenters. The molecule has 0 fully saturated rings. The maximum absolute atomic E-state index is 11.9. The van der Waals surface area contributed by atoms with Gasteiger partial charge in [0.15, 0.2) is 0 Å². The maximum Gasteiger partial charge on any atom is 0.387 e. The van der Waals surface area contributed by atoms with Gasteiger partial charge >= 0.3 is 6.61 Å². The molecule has 2 aromatic carbocycles. The highest BCUT2D eigenvalue weighted by Crippen LogP contribution is 2.16. The fourth-order valence-electron chi connectivity index (χ4n) is 1.45. The van der Waals surface area contributed by atoms with Crippen molar-refractivity contribution < 1.29 is 18.3 Å². The Morgan fingerprint density at radius 2 is 1.50 bits per heavy atom. The Morgan fingerprint density at radius 1 is 0.833 bits per heavy atom. The molecule has 0 saturated heterocycles. The Balaban J connectivity index is 1.90. The number of alkyl halides is 2. The van der Waals surface area contributed by atoms with Gasteiger partial charge in [-0.1, -0.05) is 30.3 Å². The van der Waals surface area contributed by atoms with Crippen LogP contribution in [-0.4, -0.2) is 6.61 Å². The van der Waals surface area contributed by atoms with Crippen LogP contribution in [0.5, 0.6) is 11.5 Å². The molecular weight excluding hydrogens is 238 g/mol. The second-order valence-corrected chi connectivity index (χ2v) is 3.62. The van der Waals surface area contributed by atoms with E-state index >= 15 is 0 Å². The average molecular weight is 250 g/mol. The van der Waals surface area contributed by atoms with Gasteiger partial charge in [0.2, 0.25) is 0 Å². The minimum atomic E-state index is -2.79. The molecule has 2 nitrogen and oxygen atoms in total. The van der Waals surface area contributed by atoms with Gasteiger partial charge in [-0.2, -0.15) is 8.78 Å². The molecule has 0 spiro atoms. The molecule has 0 atom stereocenters. The van der Waals surface area contributed by atoms with Crippen molar-refractivity contribution in [2.24, 2.45) is 0 Å². The monoisotopic (exact) mass is 250 g/mol. The quantitative estimate of drug-likeness (QED) is 0.802. The van der Waals surface area contributed by atoms with E-state index in [4.69, 9.17) is 4.74 Å². The molecule has 0 heterocycles. The van der Waals surface area contributed by atoms with Gasteiger partial charge in [-0.3, -0.25) is 0 Å². The number of hydrogen-bond donors (Lipinski definition) is 0. The van der Waals surface area contributed by atoms with Gasteiger partial charge in [-0.25, -0.2) is 0 Å². The van der Waals surface area contributed by atoms with Crippen molar-refractivity contribution in [3.05, 3.63) is 60.2 Å². The molecule has 0 saturated carbocycles. The first-order valence-electron chi connectivity index (χ1n) is 5.45. The summed E-state index contributed by atoms with van der Waals surface area (Å²) in [6.07, 6.45) is 0. The summed E-state index contributed by atoms with van der Waals surface area (Å²) in [5.74, 6) is 0.916. The minimum absolute atomic E-state index is 0.147. The fraction of sp³-hybridized carbons (Fsp3) is 0.143. The highest BCUT2D eigenvalue weighted by Gasteiger charge is 2.03. The summed E-state index contributed by atoms with van der Waals surface area (Å²) in [5.41, 5.74) is 0.889. The summed E-state index contributed by atoms with van der Waals surface area (Å²) < 4.78 is 33.7. The third-order valence-electron chi connectivity index (χ3n) is 2.30. The fourth-order valence-corrected chi connectivity index (χ4v) is 1.45. The third-order valence-corrected chi connectivity index (χ3v) is 2.30. The van der Waals surface area contributed by atoms with Crippen LogP contribution in [-0.2, 0) is 6.61 Å². The predicted octanol–water partition coefficient (Wildman–Crippen LogP) is 3.87. The summed E-state index contributed by atoms with van der Waals surface area (Å²) in [6.45, 7) is -2.41. The summed E-state index contributed by atoms with van der Waals surface area (Å²) in [7, 11) is 0. The number of ether oxygens (including phenoxy) is 2. The largest absolute Gasteiger partial charge is 0.489 e. The predicted molar refractivity (Wildman–Crippen MR) is 63.8 cm³/mol. The van der Waals surface area contributed by atoms with Crippen LogP contribution < -0.4 is 9.47 Å². The van der Waals surface area contributed by atoms with Gasteiger partial charge < -0.3 is 9.47 Å². The lowest BCUT2D eigenvalue weighted by Crippen LogP contribution is -2.02. The van der Waals surface area contributed by atoms with E-state index in [0.29, 0.717) is 6.61 Å². The summed E-state index contributed by atoms with van der Waals surface area (Å²) >= 11 is 0. The van der Waals surface area contributed by atoms with Crippen LogP contribution in [0.3, 0.4) is 0 Å². The molecule has 0 aliphatic carbocycles. The Labute approximate surface area is 104 Å². The third kappa shape index (κ3) is 3.73. The number of benzene rings is 2. The standard InChI is InChI=1S/C14H12F2O2/c15-14(16)18-13-8-6-11(7-9-13)10-17-12-4-2-1-3-5-12/h1-9,14H,10H2. The molecule has 0 aromatic heterocycles. The SMILES string of the molecule is FC(F)Oc1ccc(COc2ccccc2)cc1. The van der Waals surface area contributed by atoms with E-state index < -0.39 is 6.61 Å². The maximum atomic E-state index is 11.9. The number of halogens is 2. The van der Waals surface area contributed by atoms with Crippen molar-refractivity contribution >= 4 is 0 Å². The number of hydrogen-bond acceptors (Lipinski definition) is 2. The summed E-state index contributed by atoms with van der Waals surface area (Å²) in [4.78, 5) is 0. The van der Waals surface area contributed by atoms with E-state index in [1.165, 1.54) is 12.1 Å². The van der Waals surface area contributed by atoms with Crippen molar-refractivity contribution in [3.63, 3.8) is 0 Å². The molecule has 2 aromatic rings. The van der Waals surface area contributed by atoms with Crippen LogP contribution in [0.15, 0.2) is 54.6 Å². The van der Waals surface area contributed by atoms with E-state index in [2.05, 4.69) is 4.74 Å². The van der Waals surface area contributed by atoms with Crippen LogP contribution in [0.1, 0.15) is 5.56 Å². The zero-order valence-electron chi connectivity index (χ0n) is 9.55. The van der Waals surface area contributed by atoms with Crippen LogP contribution in [0.25, 0.3) is 0 Å². The smallest absolute Gasteiger partial charge is 0.387 e. The first kappa shape index (κ1) is 12.4. The average Bonchev–Trinajstić information content (AvgIpc) is 2.38. The van der Waals surface area contributed by atoms with Gasteiger partial charge in [0.1, 0.15) is 18.1 Å². The van der Waals surface area contributed by atoms with E-state index in [1.807, 2.05) is 30.3 Å². The van der Waals surface area contributed by atoms with E-state index in [0.717, 1.165) is 11.3 Å². The molecule has 4 heteroatoms. The van der Waals surface area contributed by atoms with Crippen molar-refractivity contribution in [2.75, 3.05) is 0 Å². The van der Waals surface area contributed by atoms with Crippen molar-refractivity contribution in [1.82, 2.24) is 0 Å². The number of para-hydroxylation sites is 1. The zero-order valence-corrected chi connectivity index (χ0v) is 9.55. The van der Waals surface area contributed by atoms with Gasteiger partial charge in [0.25, 0.3) is 0 Å². The Hall–Kier alpha value is -2.10. The van der Waals surface area contributed by atoms with Crippen LogP contribution >= 0.6 is 0 Å². The van der Waals surface area contributed by atoms with Gasteiger partial charge in [0.05, 0.1) is 0 Å². The highest BCUT2D eigenvalue weighted by molar-refractivity contribution is 5.28. The molecule has 18 heavy (non-hydrogen) atoms. The molecule has 2 rings (SSSR count). The normalized spacial score (nSPS) is 10.4. The number of rotatable bonds is 5. The lowest BCUT2D eigenvalue weighted by molar-refractivity contribution is -0.0498. The van der Waals surface area contributed by atoms with E-state index in [-0.39, 0.29) is 5.75 Å². The van der Waals surface area contributed by atoms with Crippen molar-refractivity contribution in [1.29, 1.82) is 0 Å². The van der Waals surface area contributed by atoms with Crippen molar-refractivity contribution in [3.8, 4) is 11.5 Å². The lowest BCUT2D eigenvalue weighted by atomic mass is 10.2. The molecule has 0 bridgehead atoms. The lowest BCUT2D eigenvalue weighted by Gasteiger charge is -2.07. The first-order chi connectivity index (χ1) is 8.74. The first-order valence-corrected chi connectivity index (χ1v) is 5.45. The van der Waals surface area contributed by atoms with E-state index in [1.54, 1.807) is 12.1 Å². The second kappa shape index (κ2) is 6.00. The molecule has 0 aliphatic rings. The molecule has 0 amide bonds.